The summed E-state index contributed by atoms with van der Waals surface area (Å²) in [5.74, 6) is 1.23. The molecule has 1 aromatic carbocycles. The Morgan fingerprint density at radius 1 is 1.06 bits per heavy atom. The maximum atomic E-state index is 12.7. The van der Waals surface area contributed by atoms with Gasteiger partial charge in [0.1, 0.15) is 12.3 Å². The maximum Gasteiger partial charge on any atom is 0.405 e. The van der Waals surface area contributed by atoms with Crippen LogP contribution in [0.2, 0.25) is 0 Å². The van der Waals surface area contributed by atoms with E-state index < -0.39 is 12.7 Å². The molecule has 0 radical (unpaired) electrons. The summed E-state index contributed by atoms with van der Waals surface area (Å²) in [7, 11) is 1.62. The summed E-state index contributed by atoms with van der Waals surface area (Å²) < 4.78 is 43.3. The molecule has 9 heteroatoms. The predicted octanol–water partition coefficient (Wildman–Crippen LogP) is 5.14. The molecule has 1 aliphatic carbocycles. The van der Waals surface area contributed by atoms with Gasteiger partial charge in [-0.15, -0.1) is 0 Å². The Morgan fingerprint density at radius 3 is 2.48 bits per heavy atom. The van der Waals surface area contributed by atoms with Gasteiger partial charge in [0.2, 0.25) is 5.95 Å². The number of benzene rings is 1. The van der Waals surface area contributed by atoms with Gasteiger partial charge in [-0.3, -0.25) is 4.98 Å². The van der Waals surface area contributed by atoms with Gasteiger partial charge < -0.3 is 15.0 Å². The lowest BCUT2D eigenvalue weighted by molar-refractivity contribution is -0.115. The van der Waals surface area contributed by atoms with E-state index in [1.165, 1.54) is 0 Å². The molecule has 0 saturated heterocycles. The van der Waals surface area contributed by atoms with Crippen LogP contribution in [0.4, 0.5) is 24.8 Å². The van der Waals surface area contributed by atoms with Crippen molar-refractivity contribution in [2.45, 2.75) is 31.5 Å². The van der Waals surface area contributed by atoms with Crippen LogP contribution < -0.4 is 15.0 Å². The Hall–Kier alpha value is -3.62. The van der Waals surface area contributed by atoms with Crippen molar-refractivity contribution in [3.8, 4) is 5.75 Å². The molecule has 3 heterocycles. The second kappa shape index (κ2) is 8.38. The Kier molecular flexibility index (Phi) is 5.39. The molecule has 0 amide bonds. The normalized spacial score (nSPS) is 15.6. The molecule has 33 heavy (non-hydrogen) atoms. The fraction of sp³-hybridized carbons (Fsp3) is 0.292. The number of anilines is 2. The van der Waals surface area contributed by atoms with E-state index in [-0.39, 0.29) is 5.95 Å². The van der Waals surface area contributed by atoms with Gasteiger partial charge in [0.05, 0.1) is 19.3 Å². The van der Waals surface area contributed by atoms with E-state index in [2.05, 4.69) is 25.2 Å². The van der Waals surface area contributed by atoms with E-state index >= 15 is 0 Å². The molecule has 0 bridgehead atoms. The molecule has 1 N–H and O–H groups in total. The largest absolute Gasteiger partial charge is 0.497 e. The van der Waals surface area contributed by atoms with E-state index in [0.717, 1.165) is 46.7 Å². The van der Waals surface area contributed by atoms with Crippen molar-refractivity contribution in [2.24, 2.45) is 0 Å². The number of alkyl halides is 3. The number of hydrogen-bond donors (Lipinski definition) is 1. The molecule has 1 fully saturated rings. The molecule has 0 unspecified atom stereocenters. The molecule has 1 saturated carbocycles. The molecule has 3 aromatic rings. The first-order valence-electron chi connectivity index (χ1n) is 10.7. The fourth-order valence-electron chi connectivity index (χ4n) is 3.80. The monoisotopic (exact) mass is 453 g/mol. The molecule has 170 valence electrons. The molecule has 0 spiro atoms. The number of rotatable bonds is 6. The standard InChI is InChI=1S/C24H22F3N5O/c1-33-19-7-5-18(6-8-19)32-12-17-11-29-23(30-14-24(25,26)27)31-22(17)20(13-32)16-4-9-21(28-10-16)15-2-3-15/h4-11,13,15H,2-3,12,14H2,1H3,(H,29,30,31). The smallest absolute Gasteiger partial charge is 0.405 e. The second-order valence-corrected chi connectivity index (χ2v) is 8.15. The summed E-state index contributed by atoms with van der Waals surface area (Å²) in [6.07, 6.45) is 3.31. The van der Waals surface area contributed by atoms with Crippen LogP contribution in [0.3, 0.4) is 0 Å². The summed E-state index contributed by atoms with van der Waals surface area (Å²) in [4.78, 5) is 15.2. The fourth-order valence-corrected chi connectivity index (χ4v) is 3.80. The van der Waals surface area contributed by atoms with Gasteiger partial charge in [-0.2, -0.15) is 13.2 Å². The third kappa shape index (κ3) is 4.76. The van der Waals surface area contributed by atoms with Crippen LogP contribution in [0.1, 0.15) is 41.3 Å². The molecule has 1 aliphatic heterocycles. The van der Waals surface area contributed by atoms with E-state index in [4.69, 9.17) is 4.74 Å². The minimum atomic E-state index is -4.36. The van der Waals surface area contributed by atoms with Crippen molar-refractivity contribution >= 4 is 17.2 Å². The minimum Gasteiger partial charge on any atom is -0.497 e. The molecule has 2 aliphatic rings. The summed E-state index contributed by atoms with van der Waals surface area (Å²) in [6, 6.07) is 11.7. The van der Waals surface area contributed by atoms with Crippen molar-refractivity contribution in [1.82, 2.24) is 15.0 Å². The lowest BCUT2D eigenvalue weighted by atomic mass is 9.97. The number of hydrogen-bond acceptors (Lipinski definition) is 6. The van der Waals surface area contributed by atoms with Crippen molar-refractivity contribution in [1.29, 1.82) is 0 Å². The lowest BCUT2D eigenvalue weighted by Crippen LogP contribution is -2.25. The zero-order valence-corrected chi connectivity index (χ0v) is 17.9. The number of aromatic nitrogens is 3. The van der Waals surface area contributed by atoms with Crippen LogP contribution >= 0.6 is 0 Å². The third-order valence-corrected chi connectivity index (χ3v) is 5.69. The Bertz CT molecular complexity index is 1170. The molecule has 2 aromatic heterocycles. The Morgan fingerprint density at radius 2 is 1.85 bits per heavy atom. The van der Waals surface area contributed by atoms with Crippen LogP contribution in [0.5, 0.6) is 5.75 Å². The highest BCUT2D eigenvalue weighted by molar-refractivity contribution is 5.83. The van der Waals surface area contributed by atoms with Gasteiger partial charge >= 0.3 is 6.18 Å². The average Bonchev–Trinajstić information content (AvgIpc) is 3.67. The number of nitrogens with one attached hydrogen (secondary N) is 1. The van der Waals surface area contributed by atoms with Gasteiger partial charge in [0.25, 0.3) is 0 Å². The van der Waals surface area contributed by atoms with Crippen LogP contribution in [0.15, 0.2) is 55.0 Å². The molecule has 5 rings (SSSR count). The molecule has 6 nitrogen and oxygen atoms in total. The highest BCUT2D eigenvalue weighted by Crippen LogP contribution is 2.40. The van der Waals surface area contributed by atoms with Gasteiger partial charge in [0.15, 0.2) is 0 Å². The third-order valence-electron chi connectivity index (χ3n) is 5.69. The first-order valence-corrected chi connectivity index (χ1v) is 10.7. The quantitative estimate of drug-likeness (QED) is 0.558. The topological polar surface area (TPSA) is 63.2 Å². The highest BCUT2D eigenvalue weighted by atomic mass is 19.4. The van der Waals surface area contributed by atoms with Gasteiger partial charge in [-0.05, 0) is 43.2 Å². The van der Waals surface area contributed by atoms with Crippen LogP contribution in [0, 0.1) is 0 Å². The van der Waals surface area contributed by atoms with E-state index in [1.807, 2.05) is 48.8 Å². The number of halogens is 3. The predicted molar refractivity (Wildman–Crippen MR) is 119 cm³/mol. The first-order chi connectivity index (χ1) is 15.9. The average molecular weight is 453 g/mol. The zero-order chi connectivity index (χ0) is 23.0. The second-order valence-electron chi connectivity index (χ2n) is 8.15. The zero-order valence-electron chi connectivity index (χ0n) is 17.9. The summed E-state index contributed by atoms with van der Waals surface area (Å²) in [6.45, 7) is -0.710. The molecular weight excluding hydrogens is 431 g/mol. The van der Waals surface area contributed by atoms with Crippen molar-refractivity contribution in [2.75, 3.05) is 23.9 Å². The maximum absolute atomic E-state index is 12.7. The lowest BCUT2D eigenvalue weighted by Gasteiger charge is -2.28. The van der Waals surface area contributed by atoms with Gasteiger partial charge in [-0.1, -0.05) is 6.07 Å². The summed E-state index contributed by atoms with van der Waals surface area (Å²) in [5, 5.41) is 2.28. The number of nitrogens with zero attached hydrogens (tertiary/aromatic N) is 4. The van der Waals surface area contributed by atoms with Crippen molar-refractivity contribution < 1.29 is 17.9 Å². The van der Waals surface area contributed by atoms with Crippen LogP contribution in [0.25, 0.3) is 5.57 Å². The van der Waals surface area contributed by atoms with Gasteiger partial charge in [0, 0.05) is 52.6 Å². The SMILES string of the molecule is COc1ccc(N2C=C(c3ccc(C4CC4)nc3)c3nc(NCC(F)(F)F)ncc3C2)cc1. The molecular formula is C24H22F3N5O. The number of fused-ring (bicyclic) bond motifs is 1. The van der Waals surface area contributed by atoms with Crippen LogP contribution in [-0.2, 0) is 6.54 Å². The van der Waals surface area contributed by atoms with E-state index in [9.17, 15) is 13.2 Å². The minimum absolute atomic E-state index is 0.0579. The van der Waals surface area contributed by atoms with Gasteiger partial charge in [-0.25, -0.2) is 9.97 Å². The summed E-state index contributed by atoms with van der Waals surface area (Å²) in [5.41, 5.74) is 5.05. The van der Waals surface area contributed by atoms with E-state index in [0.29, 0.717) is 18.2 Å². The van der Waals surface area contributed by atoms with Crippen molar-refractivity contribution in [3.05, 3.63) is 77.5 Å². The first kappa shape index (κ1) is 21.2. The molecule has 0 atom stereocenters. The Balaban J connectivity index is 1.52. The summed E-state index contributed by atoms with van der Waals surface area (Å²) >= 11 is 0. The van der Waals surface area contributed by atoms with E-state index in [1.54, 1.807) is 13.3 Å². The highest BCUT2D eigenvalue weighted by Gasteiger charge is 2.29. The Labute approximate surface area is 189 Å². The number of pyridine rings is 1. The number of ether oxygens (including phenoxy) is 1. The number of methoxy groups -OCH3 is 1. The van der Waals surface area contributed by atoms with Crippen LogP contribution in [-0.4, -0.2) is 34.8 Å². The van der Waals surface area contributed by atoms with Crippen molar-refractivity contribution in [3.63, 3.8) is 0 Å².